The molecule has 104 valence electrons. The zero-order valence-electron chi connectivity index (χ0n) is 11.8. The molecule has 1 aromatic carbocycles. The molecule has 0 bridgehead atoms. The molecule has 0 saturated heterocycles. The van der Waals surface area contributed by atoms with Gasteiger partial charge in [0.1, 0.15) is 5.75 Å². The van der Waals surface area contributed by atoms with Crippen LogP contribution in [0.5, 0.6) is 5.75 Å². The van der Waals surface area contributed by atoms with Crippen LogP contribution in [0, 0.1) is 5.41 Å². The molecule has 1 aliphatic heterocycles. The van der Waals surface area contributed by atoms with Crippen molar-refractivity contribution >= 4 is 11.6 Å². The lowest BCUT2D eigenvalue weighted by Gasteiger charge is -2.27. The minimum Gasteiger partial charge on any atom is -0.477 e. The number of anilines is 1. The highest BCUT2D eigenvalue weighted by Gasteiger charge is 2.25. The summed E-state index contributed by atoms with van der Waals surface area (Å²) in [5.41, 5.74) is 1.17. The number of amides is 1. The van der Waals surface area contributed by atoms with Gasteiger partial charge in [0.15, 0.2) is 6.10 Å². The molecule has 0 fully saturated rings. The first kappa shape index (κ1) is 13.7. The first-order valence-electron chi connectivity index (χ1n) is 6.73. The first-order valence-corrected chi connectivity index (χ1v) is 6.73. The summed E-state index contributed by atoms with van der Waals surface area (Å²) in [5, 5.41) is 6.15. The Morgan fingerprint density at radius 1 is 1.42 bits per heavy atom. The van der Waals surface area contributed by atoms with Crippen molar-refractivity contribution in [2.75, 3.05) is 18.4 Å². The van der Waals surface area contributed by atoms with E-state index in [1.54, 1.807) is 0 Å². The molecule has 2 N–H and O–H groups in total. The maximum absolute atomic E-state index is 12.0. The van der Waals surface area contributed by atoms with Crippen molar-refractivity contribution < 1.29 is 9.53 Å². The minimum atomic E-state index is -0.449. The van der Waals surface area contributed by atoms with Crippen molar-refractivity contribution in [2.24, 2.45) is 5.41 Å². The van der Waals surface area contributed by atoms with Gasteiger partial charge >= 0.3 is 0 Å². The lowest BCUT2D eigenvalue weighted by Crippen LogP contribution is -2.45. The molecule has 1 atom stereocenters. The van der Waals surface area contributed by atoms with Gasteiger partial charge in [-0.25, -0.2) is 0 Å². The number of nitrogens with one attached hydrogen (secondary N) is 2. The van der Waals surface area contributed by atoms with Crippen molar-refractivity contribution in [3.8, 4) is 5.75 Å². The number of hydrogen-bond acceptors (Lipinski definition) is 3. The highest BCUT2D eigenvalue weighted by molar-refractivity contribution is 5.83. The van der Waals surface area contributed by atoms with Crippen LogP contribution in [-0.4, -0.2) is 25.1 Å². The summed E-state index contributed by atoms with van der Waals surface area (Å²) in [7, 11) is 0. The second kappa shape index (κ2) is 5.51. The molecular formula is C15H22N2O2. The second-order valence-corrected chi connectivity index (χ2v) is 6.09. The first-order chi connectivity index (χ1) is 8.96. The summed E-state index contributed by atoms with van der Waals surface area (Å²) in [6.07, 6.45) is 0.505. The van der Waals surface area contributed by atoms with Crippen LogP contribution in [0.25, 0.3) is 0 Å². The quantitative estimate of drug-likeness (QED) is 0.879. The monoisotopic (exact) mass is 262 g/mol. The number of hydrogen-bond donors (Lipinski definition) is 2. The van der Waals surface area contributed by atoms with Gasteiger partial charge < -0.3 is 15.4 Å². The molecule has 1 aromatic rings. The summed E-state index contributed by atoms with van der Waals surface area (Å²) in [4.78, 5) is 12.0. The number of ether oxygens (including phenoxy) is 1. The zero-order chi connectivity index (χ0) is 13.9. The van der Waals surface area contributed by atoms with E-state index in [2.05, 4.69) is 31.4 Å². The molecule has 0 aromatic heterocycles. The number of benzene rings is 1. The normalized spacial score (nSPS) is 17.9. The lowest BCUT2D eigenvalue weighted by atomic mass is 9.92. The Balaban J connectivity index is 1.85. The molecule has 1 aliphatic rings. The van der Waals surface area contributed by atoms with Crippen LogP contribution in [0.4, 0.5) is 5.69 Å². The number of carbonyl (C=O) groups excluding carboxylic acids is 1. The highest BCUT2D eigenvalue weighted by atomic mass is 16.5. The fourth-order valence-electron chi connectivity index (χ4n) is 1.93. The standard InChI is InChI=1S/C15H22N2O2/c1-15(2,3)8-9-16-14(18)13-10-17-11-6-4-5-7-12(11)19-13/h4-7,13,17H,8-10H2,1-3H3,(H,16,18). The Bertz CT molecular complexity index is 452. The number of para-hydroxylation sites is 2. The van der Waals surface area contributed by atoms with Crippen LogP contribution >= 0.6 is 0 Å². The molecule has 1 unspecified atom stereocenters. The van der Waals surface area contributed by atoms with Gasteiger partial charge in [-0.2, -0.15) is 0 Å². The Morgan fingerprint density at radius 3 is 2.89 bits per heavy atom. The van der Waals surface area contributed by atoms with E-state index in [0.29, 0.717) is 13.1 Å². The second-order valence-electron chi connectivity index (χ2n) is 6.09. The van der Waals surface area contributed by atoms with Crippen LogP contribution in [0.1, 0.15) is 27.2 Å². The molecule has 1 amide bonds. The van der Waals surface area contributed by atoms with E-state index in [9.17, 15) is 4.79 Å². The largest absolute Gasteiger partial charge is 0.477 e. The fourth-order valence-corrected chi connectivity index (χ4v) is 1.93. The van der Waals surface area contributed by atoms with Gasteiger partial charge in [-0.3, -0.25) is 4.79 Å². The molecule has 0 radical (unpaired) electrons. The topological polar surface area (TPSA) is 50.4 Å². The third-order valence-electron chi connectivity index (χ3n) is 3.10. The van der Waals surface area contributed by atoms with Gasteiger partial charge in [0.2, 0.25) is 0 Å². The van der Waals surface area contributed by atoms with Crippen LogP contribution < -0.4 is 15.4 Å². The predicted molar refractivity (Wildman–Crippen MR) is 76.4 cm³/mol. The van der Waals surface area contributed by atoms with Crippen LogP contribution in [0.15, 0.2) is 24.3 Å². The van der Waals surface area contributed by atoms with Crippen molar-refractivity contribution in [3.63, 3.8) is 0 Å². The maximum Gasteiger partial charge on any atom is 0.262 e. The molecule has 4 heteroatoms. The van der Waals surface area contributed by atoms with Gasteiger partial charge in [0, 0.05) is 6.54 Å². The average Bonchev–Trinajstić information content (AvgIpc) is 2.36. The van der Waals surface area contributed by atoms with E-state index in [1.165, 1.54) is 0 Å². The van der Waals surface area contributed by atoms with Crippen molar-refractivity contribution in [1.29, 1.82) is 0 Å². The number of carbonyl (C=O) groups is 1. The van der Waals surface area contributed by atoms with Gasteiger partial charge in [0.25, 0.3) is 5.91 Å². The van der Waals surface area contributed by atoms with Gasteiger partial charge in [-0.1, -0.05) is 32.9 Å². The Labute approximate surface area is 114 Å². The molecule has 1 heterocycles. The van der Waals surface area contributed by atoms with Crippen LogP contribution in [-0.2, 0) is 4.79 Å². The Hall–Kier alpha value is -1.71. The summed E-state index contributed by atoms with van der Waals surface area (Å²) in [6, 6.07) is 7.67. The van der Waals surface area contributed by atoms with E-state index in [1.807, 2.05) is 24.3 Å². The average molecular weight is 262 g/mol. The third kappa shape index (κ3) is 3.88. The molecule has 2 rings (SSSR count). The number of fused-ring (bicyclic) bond motifs is 1. The summed E-state index contributed by atoms with van der Waals surface area (Å²) < 4.78 is 5.70. The third-order valence-corrected chi connectivity index (χ3v) is 3.10. The van der Waals surface area contributed by atoms with Gasteiger partial charge in [0.05, 0.1) is 12.2 Å². The van der Waals surface area contributed by atoms with Crippen molar-refractivity contribution in [1.82, 2.24) is 5.32 Å². The molecule has 4 nitrogen and oxygen atoms in total. The smallest absolute Gasteiger partial charge is 0.262 e. The molecular weight excluding hydrogens is 240 g/mol. The summed E-state index contributed by atoms with van der Waals surface area (Å²) >= 11 is 0. The van der Waals surface area contributed by atoms with Crippen molar-refractivity contribution in [3.05, 3.63) is 24.3 Å². The van der Waals surface area contributed by atoms with Crippen LogP contribution in [0.3, 0.4) is 0 Å². The zero-order valence-corrected chi connectivity index (χ0v) is 11.8. The Kier molecular flexibility index (Phi) is 3.98. The molecule has 0 aliphatic carbocycles. The van der Waals surface area contributed by atoms with E-state index >= 15 is 0 Å². The molecule has 19 heavy (non-hydrogen) atoms. The van der Waals surface area contributed by atoms with E-state index < -0.39 is 6.10 Å². The van der Waals surface area contributed by atoms with E-state index in [4.69, 9.17) is 4.74 Å². The fraction of sp³-hybridized carbons (Fsp3) is 0.533. The molecule has 0 saturated carbocycles. The summed E-state index contributed by atoms with van der Waals surface area (Å²) in [5.74, 6) is 0.691. The summed E-state index contributed by atoms with van der Waals surface area (Å²) in [6.45, 7) is 7.68. The minimum absolute atomic E-state index is 0.0498. The number of rotatable bonds is 3. The SMILES string of the molecule is CC(C)(C)CCNC(=O)C1CNc2ccccc2O1. The maximum atomic E-state index is 12.0. The van der Waals surface area contributed by atoms with E-state index in [-0.39, 0.29) is 11.3 Å². The van der Waals surface area contributed by atoms with Gasteiger partial charge in [-0.05, 0) is 24.0 Å². The van der Waals surface area contributed by atoms with E-state index in [0.717, 1.165) is 17.9 Å². The van der Waals surface area contributed by atoms with Crippen LogP contribution in [0.2, 0.25) is 0 Å². The molecule has 0 spiro atoms. The lowest BCUT2D eigenvalue weighted by molar-refractivity contribution is -0.127. The highest BCUT2D eigenvalue weighted by Crippen LogP contribution is 2.28. The predicted octanol–water partition coefficient (Wildman–Crippen LogP) is 2.41. The Morgan fingerprint density at radius 2 is 2.16 bits per heavy atom. The van der Waals surface area contributed by atoms with Gasteiger partial charge in [-0.15, -0.1) is 0 Å². The van der Waals surface area contributed by atoms with Crippen molar-refractivity contribution in [2.45, 2.75) is 33.3 Å².